The summed E-state index contributed by atoms with van der Waals surface area (Å²) < 4.78 is 43.4. The van der Waals surface area contributed by atoms with Gasteiger partial charge in [-0.15, -0.1) is 6.58 Å². The fourth-order valence-electron chi connectivity index (χ4n) is 3.07. The summed E-state index contributed by atoms with van der Waals surface area (Å²) in [5, 5.41) is -0.934. The molecular weight excluding hydrogens is 425 g/mol. The Hall–Kier alpha value is -1.79. The number of allylic oxidation sites excluding steroid dienone is 2. The van der Waals surface area contributed by atoms with Gasteiger partial charge in [-0.3, -0.25) is 4.79 Å². The Kier molecular flexibility index (Phi) is 5.17. The molecule has 0 aliphatic carbocycles. The van der Waals surface area contributed by atoms with Gasteiger partial charge in [0.05, 0.1) is 0 Å². The summed E-state index contributed by atoms with van der Waals surface area (Å²) in [6, 6.07) is 15.0. The highest BCUT2D eigenvalue weighted by Gasteiger charge is 2.65. The van der Waals surface area contributed by atoms with Crippen LogP contribution in [0.4, 0.5) is 13.2 Å². The molecule has 3 rings (SSSR count). The molecule has 0 N–H and O–H groups in total. The number of halogens is 4. The zero-order chi connectivity index (χ0) is 18.9. The topological polar surface area (TPSA) is 17.1 Å². The van der Waals surface area contributed by atoms with E-state index in [-0.39, 0.29) is 0 Å². The molecule has 1 nitrogen and oxygen atoms in total. The average Bonchev–Trinajstić information content (AvgIpc) is 2.96. The number of hydrogen-bond acceptors (Lipinski definition) is 2. The zero-order valence-corrected chi connectivity index (χ0v) is 15.9. The van der Waals surface area contributed by atoms with E-state index in [9.17, 15) is 18.0 Å². The predicted octanol–water partition coefficient (Wildman–Crippen LogP) is 6.58. The lowest BCUT2D eigenvalue weighted by Gasteiger charge is -2.34. The van der Waals surface area contributed by atoms with Gasteiger partial charge in [0, 0.05) is 15.3 Å². The third-order valence-electron chi connectivity index (χ3n) is 4.38. The largest absolute Gasteiger partial charge is 0.406 e. The average molecular weight is 439 g/mol. The highest BCUT2D eigenvalue weighted by Crippen LogP contribution is 2.59. The summed E-state index contributed by atoms with van der Waals surface area (Å²) in [5.41, 5.74) is -1.65. The number of benzene rings is 2. The highest BCUT2D eigenvalue weighted by molar-refractivity contribution is 9.10. The summed E-state index contributed by atoms with van der Waals surface area (Å²) in [6.07, 6.45) is -2.48. The maximum atomic E-state index is 14.2. The maximum Gasteiger partial charge on any atom is 0.406 e. The molecule has 1 aliphatic rings. The molecule has 1 heterocycles. The lowest BCUT2D eigenvalue weighted by molar-refractivity contribution is -0.203. The smallest absolute Gasteiger partial charge is 0.285 e. The van der Waals surface area contributed by atoms with Crippen LogP contribution in [0.15, 0.2) is 77.8 Å². The minimum atomic E-state index is -4.75. The molecule has 6 heteroatoms. The van der Waals surface area contributed by atoms with Crippen LogP contribution in [0, 0.1) is 5.41 Å². The first-order chi connectivity index (χ1) is 12.3. The van der Waals surface area contributed by atoms with Gasteiger partial charge in [0.25, 0.3) is 0 Å². The van der Waals surface area contributed by atoms with Crippen LogP contribution >= 0.6 is 27.7 Å². The van der Waals surface area contributed by atoms with Gasteiger partial charge >= 0.3 is 6.18 Å². The van der Waals surface area contributed by atoms with E-state index >= 15 is 0 Å². The van der Waals surface area contributed by atoms with Gasteiger partial charge in [-0.2, -0.15) is 13.2 Å². The molecule has 0 spiro atoms. The molecule has 26 heavy (non-hydrogen) atoms. The first-order valence-electron chi connectivity index (χ1n) is 7.75. The quantitative estimate of drug-likeness (QED) is 0.501. The molecule has 2 unspecified atom stereocenters. The molecule has 0 bridgehead atoms. The SMILES string of the molecule is C=CC(c1ccccc1)C1(C(F)(F)F)C=C(c2ccc(Br)cc2)SC1=O. The monoisotopic (exact) mass is 438 g/mol. The highest BCUT2D eigenvalue weighted by atomic mass is 79.9. The van der Waals surface area contributed by atoms with Crippen LogP contribution in [0.2, 0.25) is 0 Å². The Morgan fingerprint density at radius 2 is 1.69 bits per heavy atom. The molecule has 0 fully saturated rings. The van der Waals surface area contributed by atoms with Gasteiger partial charge in [-0.1, -0.05) is 76.2 Å². The van der Waals surface area contributed by atoms with Crippen molar-refractivity contribution in [2.45, 2.75) is 12.1 Å². The number of thioether (sulfide) groups is 1. The fraction of sp³-hybridized carbons (Fsp3) is 0.150. The van der Waals surface area contributed by atoms with E-state index in [2.05, 4.69) is 22.5 Å². The molecule has 2 atom stereocenters. The molecule has 134 valence electrons. The van der Waals surface area contributed by atoms with E-state index in [1.54, 1.807) is 54.6 Å². The molecule has 0 saturated carbocycles. The summed E-state index contributed by atoms with van der Waals surface area (Å²) in [4.78, 5) is 13.0. The van der Waals surface area contributed by atoms with Crippen molar-refractivity contribution in [1.82, 2.24) is 0 Å². The van der Waals surface area contributed by atoms with Crippen LogP contribution in [-0.2, 0) is 4.79 Å². The van der Waals surface area contributed by atoms with Crippen LogP contribution < -0.4 is 0 Å². The van der Waals surface area contributed by atoms with E-state index in [0.717, 1.165) is 10.5 Å². The number of carbonyl (C=O) groups excluding carboxylic acids is 1. The normalized spacial score (nSPS) is 21.4. The Balaban J connectivity index is 2.17. The Morgan fingerprint density at radius 1 is 1.08 bits per heavy atom. The summed E-state index contributed by atoms with van der Waals surface area (Å²) in [5.74, 6) is -1.20. The molecular formula is C20H14BrF3OS. The van der Waals surface area contributed by atoms with E-state index in [4.69, 9.17) is 0 Å². The predicted molar refractivity (Wildman–Crippen MR) is 103 cm³/mol. The molecule has 0 amide bonds. The Morgan fingerprint density at radius 3 is 2.23 bits per heavy atom. The van der Waals surface area contributed by atoms with E-state index < -0.39 is 22.6 Å². The van der Waals surface area contributed by atoms with Crippen molar-refractivity contribution in [3.63, 3.8) is 0 Å². The second kappa shape index (κ2) is 7.08. The first kappa shape index (κ1) is 19.0. The van der Waals surface area contributed by atoms with E-state index in [0.29, 0.717) is 27.8 Å². The van der Waals surface area contributed by atoms with Crippen molar-refractivity contribution in [3.8, 4) is 0 Å². The van der Waals surface area contributed by atoms with Gasteiger partial charge in [0.15, 0.2) is 5.41 Å². The zero-order valence-electron chi connectivity index (χ0n) is 13.5. The third kappa shape index (κ3) is 3.16. The number of alkyl halides is 3. The molecule has 2 aromatic rings. The van der Waals surface area contributed by atoms with Crippen molar-refractivity contribution in [3.05, 3.63) is 88.9 Å². The standard InChI is InChI=1S/C20H14BrF3OS/c1-2-16(13-6-4-3-5-7-13)19(20(22,23)24)12-17(26-18(19)25)14-8-10-15(21)11-9-14/h2-12,16H,1H2. The number of hydrogen-bond donors (Lipinski definition) is 0. The Labute approximate surface area is 162 Å². The van der Waals surface area contributed by atoms with Gasteiger partial charge in [-0.25, -0.2) is 0 Å². The van der Waals surface area contributed by atoms with Crippen molar-refractivity contribution in [2.75, 3.05) is 0 Å². The van der Waals surface area contributed by atoms with Crippen molar-refractivity contribution in [1.29, 1.82) is 0 Å². The van der Waals surface area contributed by atoms with E-state index in [1.165, 1.54) is 6.08 Å². The summed E-state index contributed by atoms with van der Waals surface area (Å²) in [6.45, 7) is 3.59. The second-order valence-corrected chi connectivity index (χ2v) is 7.83. The van der Waals surface area contributed by atoms with Crippen molar-refractivity contribution in [2.24, 2.45) is 5.41 Å². The molecule has 0 saturated heterocycles. The van der Waals surface area contributed by atoms with Crippen LogP contribution in [0.5, 0.6) is 0 Å². The Bertz CT molecular complexity index is 859. The summed E-state index contributed by atoms with van der Waals surface area (Å²) >= 11 is 3.93. The van der Waals surface area contributed by atoms with Gasteiger partial charge in [0.2, 0.25) is 5.12 Å². The van der Waals surface area contributed by atoms with Crippen molar-refractivity contribution >= 4 is 37.7 Å². The minimum Gasteiger partial charge on any atom is -0.285 e. The first-order valence-corrected chi connectivity index (χ1v) is 9.36. The lowest BCUT2D eigenvalue weighted by Crippen LogP contribution is -2.44. The number of rotatable bonds is 4. The molecule has 0 aromatic heterocycles. The van der Waals surface area contributed by atoms with Gasteiger partial charge in [-0.05, 0) is 29.3 Å². The second-order valence-electron chi connectivity index (χ2n) is 5.90. The molecule has 0 radical (unpaired) electrons. The van der Waals surface area contributed by atoms with Crippen LogP contribution in [0.25, 0.3) is 4.91 Å². The molecule has 1 aliphatic heterocycles. The maximum absolute atomic E-state index is 14.2. The van der Waals surface area contributed by atoms with Crippen molar-refractivity contribution < 1.29 is 18.0 Å². The minimum absolute atomic E-state index is 0.308. The van der Waals surface area contributed by atoms with E-state index in [1.807, 2.05) is 0 Å². The van der Waals surface area contributed by atoms with Crippen LogP contribution in [0.3, 0.4) is 0 Å². The summed E-state index contributed by atoms with van der Waals surface area (Å²) in [7, 11) is 0. The molecule has 2 aromatic carbocycles. The van der Waals surface area contributed by atoms with Crippen LogP contribution in [0.1, 0.15) is 17.0 Å². The van der Waals surface area contributed by atoms with Gasteiger partial charge in [0.1, 0.15) is 0 Å². The number of carbonyl (C=O) groups is 1. The van der Waals surface area contributed by atoms with Gasteiger partial charge < -0.3 is 0 Å². The van der Waals surface area contributed by atoms with Crippen LogP contribution in [-0.4, -0.2) is 11.3 Å². The fourth-order valence-corrected chi connectivity index (χ4v) is 4.51. The lowest BCUT2D eigenvalue weighted by atomic mass is 9.71. The third-order valence-corrected chi connectivity index (χ3v) is 6.01.